The van der Waals surface area contributed by atoms with Gasteiger partial charge in [-0.15, -0.1) is 0 Å². The van der Waals surface area contributed by atoms with Crippen molar-refractivity contribution in [3.63, 3.8) is 0 Å². The molecule has 35 heavy (non-hydrogen) atoms. The fourth-order valence-electron chi connectivity index (χ4n) is 4.60. The van der Waals surface area contributed by atoms with Crippen molar-refractivity contribution in [1.29, 1.82) is 0 Å². The number of aryl methyl sites for hydroxylation is 1. The highest BCUT2D eigenvalue weighted by Gasteiger charge is 2.29. The fourth-order valence-corrected chi connectivity index (χ4v) is 6.16. The van der Waals surface area contributed by atoms with Crippen LogP contribution in [0.5, 0.6) is 5.75 Å². The van der Waals surface area contributed by atoms with Crippen LogP contribution in [0.2, 0.25) is 5.02 Å². The number of benzene rings is 3. The highest BCUT2D eigenvalue weighted by Crippen LogP contribution is 2.38. The van der Waals surface area contributed by atoms with E-state index in [0.29, 0.717) is 23.8 Å². The molecule has 0 radical (unpaired) electrons. The van der Waals surface area contributed by atoms with E-state index in [2.05, 4.69) is 20.9 Å². The molecule has 3 aromatic carbocycles. The number of ether oxygens (including phenoxy) is 1. The molecule has 1 saturated heterocycles. The largest absolute Gasteiger partial charge is 0.495 e. The summed E-state index contributed by atoms with van der Waals surface area (Å²) in [6, 6.07) is 20.2. The van der Waals surface area contributed by atoms with Crippen molar-refractivity contribution in [1.82, 2.24) is 4.98 Å². The van der Waals surface area contributed by atoms with Crippen LogP contribution in [0.4, 0.5) is 11.4 Å². The van der Waals surface area contributed by atoms with E-state index in [1.807, 2.05) is 43.3 Å². The topological polar surface area (TPSA) is 62.7 Å². The number of aromatic nitrogens is 1. The number of para-hydroxylation sites is 2. The zero-order valence-electron chi connectivity index (χ0n) is 19.6. The van der Waals surface area contributed by atoms with Gasteiger partial charge in [-0.1, -0.05) is 35.4 Å². The Labute approximate surface area is 210 Å². The minimum atomic E-state index is -3.81. The van der Waals surface area contributed by atoms with Crippen LogP contribution in [0.3, 0.4) is 0 Å². The fraction of sp³-hybridized carbons (Fsp3) is 0.222. The molecular formula is C27H26ClN3O3S. The van der Waals surface area contributed by atoms with Gasteiger partial charge >= 0.3 is 0 Å². The van der Waals surface area contributed by atoms with Crippen LogP contribution in [0.1, 0.15) is 5.56 Å². The Hall–Kier alpha value is -3.29. The van der Waals surface area contributed by atoms with Crippen molar-refractivity contribution >= 4 is 43.7 Å². The lowest BCUT2D eigenvalue weighted by atomic mass is 10.1. The molecule has 180 valence electrons. The summed E-state index contributed by atoms with van der Waals surface area (Å²) < 4.78 is 33.1. The summed E-state index contributed by atoms with van der Waals surface area (Å²) in [6.45, 7) is 4.79. The lowest BCUT2D eigenvalue weighted by Crippen LogP contribution is -2.47. The average Bonchev–Trinajstić information content (AvgIpc) is 2.88. The van der Waals surface area contributed by atoms with Gasteiger partial charge in [0.25, 0.3) is 0 Å². The normalized spacial score (nSPS) is 14.4. The number of rotatable bonds is 5. The molecular weight excluding hydrogens is 482 g/mol. The highest BCUT2D eigenvalue weighted by atomic mass is 35.5. The van der Waals surface area contributed by atoms with Crippen LogP contribution < -0.4 is 14.5 Å². The molecule has 1 fully saturated rings. The molecule has 0 saturated carbocycles. The van der Waals surface area contributed by atoms with Crippen molar-refractivity contribution in [2.45, 2.75) is 16.7 Å². The van der Waals surface area contributed by atoms with E-state index >= 15 is 0 Å². The third-order valence-corrected chi connectivity index (χ3v) is 8.42. The standard InChI is InChI=1S/C27H26ClN3O3S/c1-19-7-12-23-22(17-19)27(26(18-29-23)35(32,33)21-10-8-20(28)9-11-21)31-15-13-30(14-16-31)24-5-3-4-6-25(24)34-2/h3-12,17-18H,13-16H2,1-2H3. The van der Waals surface area contributed by atoms with Crippen LogP contribution in [0.25, 0.3) is 10.9 Å². The molecule has 1 aliphatic heterocycles. The summed E-state index contributed by atoms with van der Waals surface area (Å²) in [4.78, 5) is 9.36. The van der Waals surface area contributed by atoms with Crippen molar-refractivity contribution in [3.05, 3.63) is 83.5 Å². The Balaban J connectivity index is 1.57. The summed E-state index contributed by atoms with van der Waals surface area (Å²) in [5.41, 5.74) is 3.56. The first-order valence-corrected chi connectivity index (χ1v) is 13.3. The maximum Gasteiger partial charge on any atom is 0.210 e. The van der Waals surface area contributed by atoms with E-state index in [-0.39, 0.29) is 9.79 Å². The van der Waals surface area contributed by atoms with E-state index < -0.39 is 9.84 Å². The summed E-state index contributed by atoms with van der Waals surface area (Å²) >= 11 is 6.01. The maximum atomic E-state index is 13.8. The second-order valence-electron chi connectivity index (χ2n) is 8.59. The Morgan fingerprint density at radius 1 is 0.914 bits per heavy atom. The van der Waals surface area contributed by atoms with Gasteiger partial charge in [0.2, 0.25) is 9.84 Å². The minimum absolute atomic E-state index is 0.199. The van der Waals surface area contributed by atoms with Crippen molar-refractivity contribution in [3.8, 4) is 5.75 Å². The molecule has 8 heteroatoms. The van der Waals surface area contributed by atoms with Gasteiger partial charge in [0.15, 0.2) is 0 Å². The van der Waals surface area contributed by atoms with Crippen LogP contribution in [0, 0.1) is 6.92 Å². The molecule has 6 nitrogen and oxygen atoms in total. The third-order valence-electron chi connectivity index (χ3n) is 6.40. The molecule has 4 aromatic rings. The minimum Gasteiger partial charge on any atom is -0.495 e. The smallest absolute Gasteiger partial charge is 0.210 e. The van der Waals surface area contributed by atoms with E-state index in [9.17, 15) is 8.42 Å². The summed E-state index contributed by atoms with van der Waals surface area (Å²) in [5, 5.41) is 1.33. The second-order valence-corrected chi connectivity index (χ2v) is 10.9. The third kappa shape index (κ3) is 4.42. The highest BCUT2D eigenvalue weighted by molar-refractivity contribution is 7.91. The summed E-state index contributed by atoms with van der Waals surface area (Å²) in [6.07, 6.45) is 1.49. The van der Waals surface area contributed by atoms with Crippen molar-refractivity contribution in [2.24, 2.45) is 0 Å². The predicted octanol–water partition coefficient (Wildman–Crippen LogP) is 5.36. The predicted molar refractivity (Wildman–Crippen MR) is 141 cm³/mol. The number of fused-ring (bicyclic) bond motifs is 1. The molecule has 0 unspecified atom stereocenters. The molecule has 1 aromatic heterocycles. The first-order valence-electron chi connectivity index (χ1n) is 11.4. The number of piperazine rings is 1. The molecule has 1 aliphatic rings. The number of pyridine rings is 1. The van der Waals surface area contributed by atoms with Gasteiger partial charge in [-0.05, 0) is 55.5 Å². The van der Waals surface area contributed by atoms with Gasteiger partial charge in [0.1, 0.15) is 10.6 Å². The molecule has 5 rings (SSSR count). The van der Waals surface area contributed by atoms with E-state index in [0.717, 1.165) is 41.0 Å². The van der Waals surface area contributed by atoms with Crippen molar-refractivity contribution in [2.75, 3.05) is 43.1 Å². The van der Waals surface area contributed by atoms with Gasteiger partial charge in [0.05, 0.1) is 28.9 Å². The first kappa shape index (κ1) is 23.5. The molecule has 0 bridgehead atoms. The molecule has 0 spiro atoms. The van der Waals surface area contributed by atoms with Crippen LogP contribution in [0.15, 0.2) is 82.7 Å². The first-order chi connectivity index (χ1) is 16.9. The number of hydrogen-bond donors (Lipinski definition) is 0. The van der Waals surface area contributed by atoms with E-state index in [4.69, 9.17) is 16.3 Å². The SMILES string of the molecule is COc1ccccc1N1CCN(c2c(S(=O)(=O)c3ccc(Cl)cc3)cnc3ccc(C)cc23)CC1. The Morgan fingerprint density at radius 3 is 2.31 bits per heavy atom. The Bertz CT molecular complexity index is 1480. The molecule has 2 heterocycles. The summed E-state index contributed by atoms with van der Waals surface area (Å²) in [5.74, 6) is 0.831. The van der Waals surface area contributed by atoms with Crippen LogP contribution in [-0.4, -0.2) is 46.7 Å². The van der Waals surface area contributed by atoms with Gasteiger partial charge in [0, 0.05) is 42.8 Å². The second kappa shape index (κ2) is 9.40. The zero-order valence-corrected chi connectivity index (χ0v) is 21.2. The molecule has 0 amide bonds. The monoisotopic (exact) mass is 507 g/mol. The molecule has 0 N–H and O–H groups in total. The average molecular weight is 508 g/mol. The zero-order chi connectivity index (χ0) is 24.6. The van der Waals surface area contributed by atoms with Gasteiger partial charge < -0.3 is 14.5 Å². The Kier molecular flexibility index (Phi) is 6.30. The molecule has 0 atom stereocenters. The van der Waals surface area contributed by atoms with Crippen molar-refractivity contribution < 1.29 is 13.2 Å². The quantitative estimate of drug-likeness (QED) is 0.362. The Morgan fingerprint density at radius 2 is 1.60 bits per heavy atom. The van der Waals surface area contributed by atoms with Gasteiger partial charge in [-0.2, -0.15) is 0 Å². The number of hydrogen-bond acceptors (Lipinski definition) is 6. The number of halogens is 1. The number of nitrogens with zero attached hydrogens (tertiary/aromatic N) is 3. The maximum absolute atomic E-state index is 13.8. The lowest BCUT2D eigenvalue weighted by Gasteiger charge is -2.38. The molecule has 0 aliphatic carbocycles. The number of sulfone groups is 1. The number of methoxy groups -OCH3 is 1. The van der Waals surface area contributed by atoms with Gasteiger partial charge in [-0.3, -0.25) is 4.98 Å². The van der Waals surface area contributed by atoms with E-state index in [1.165, 1.54) is 6.20 Å². The lowest BCUT2D eigenvalue weighted by molar-refractivity contribution is 0.413. The van der Waals surface area contributed by atoms with Crippen LogP contribution in [-0.2, 0) is 9.84 Å². The number of anilines is 2. The van der Waals surface area contributed by atoms with Gasteiger partial charge in [-0.25, -0.2) is 8.42 Å². The van der Waals surface area contributed by atoms with Crippen LogP contribution >= 0.6 is 11.6 Å². The summed E-state index contributed by atoms with van der Waals surface area (Å²) in [7, 11) is -2.14. The van der Waals surface area contributed by atoms with E-state index in [1.54, 1.807) is 31.4 Å².